The molecule has 4 heteroatoms. The molecule has 1 saturated carbocycles. The van der Waals surface area contributed by atoms with Crippen LogP contribution in [0.2, 0.25) is 0 Å². The minimum absolute atomic E-state index is 0.147. The molecule has 0 bridgehead atoms. The van der Waals surface area contributed by atoms with Crippen LogP contribution in [0.3, 0.4) is 0 Å². The average Bonchev–Trinajstić information content (AvgIpc) is 2.48. The first kappa shape index (κ1) is 15.8. The van der Waals surface area contributed by atoms with Gasteiger partial charge < -0.3 is 5.32 Å². The first-order chi connectivity index (χ1) is 9.92. The fraction of sp³-hybridized carbons (Fsp3) is 0.647. The van der Waals surface area contributed by atoms with Crippen LogP contribution in [0, 0.1) is 21.4 Å². The van der Waals surface area contributed by atoms with Crippen LogP contribution >= 0.6 is 0 Å². The minimum Gasteiger partial charge on any atom is -0.382 e. The number of nitrogens with zero attached hydrogens (tertiary/aromatic N) is 1. The summed E-state index contributed by atoms with van der Waals surface area (Å²) in [6.45, 7) is 7.03. The summed E-state index contributed by atoms with van der Waals surface area (Å²) in [5, 5.41) is 14.2. The summed E-state index contributed by atoms with van der Waals surface area (Å²) in [4.78, 5) is 10.3. The normalized spacial score (nSPS) is 22.8. The summed E-state index contributed by atoms with van der Waals surface area (Å²) in [6.07, 6.45) is 6.14. The fourth-order valence-corrected chi connectivity index (χ4v) is 3.22. The lowest BCUT2D eigenvalue weighted by molar-refractivity contribution is -0.384. The monoisotopic (exact) mass is 290 g/mol. The maximum absolute atomic E-state index is 10.6. The summed E-state index contributed by atoms with van der Waals surface area (Å²) in [7, 11) is 0. The van der Waals surface area contributed by atoms with Crippen molar-refractivity contribution in [2.75, 3.05) is 5.32 Å². The van der Waals surface area contributed by atoms with Crippen molar-refractivity contribution in [1.82, 2.24) is 0 Å². The lowest BCUT2D eigenvalue weighted by atomic mass is 9.69. The molecule has 0 radical (unpaired) electrons. The Bertz CT molecular complexity index is 474. The Balaban J connectivity index is 1.87. The van der Waals surface area contributed by atoms with E-state index >= 15 is 0 Å². The van der Waals surface area contributed by atoms with Gasteiger partial charge in [0.15, 0.2) is 0 Å². The Kier molecular flexibility index (Phi) is 4.86. The number of nitro groups is 1. The molecule has 0 aromatic heterocycles. The van der Waals surface area contributed by atoms with Gasteiger partial charge in [-0.1, -0.05) is 27.2 Å². The number of hydrogen-bond acceptors (Lipinski definition) is 3. The predicted molar refractivity (Wildman–Crippen MR) is 86.5 cm³/mol. The largest absolute Gasteiger partial charge is 0.382 e. The van der Waals surface area contributed by atoms with Gasteiger partial charge >= 0.3 is 0 Å². The Morgan fingerprint density at radius 1 is 1.19 bits per heavy atom. The second-order valence-electron chi connectivity index (χ2n) is 6.84. The van der Waals surface area contributed by atoms with Crippen LogP contribution in [0.15, 0.2) is 24.3 Å². The third kappa shape index (κ3) is 3.96. The van der Waals surface area contributed by atoms with Gasteiger partial charge in [-0.2, -0.15) is 0 Å². The Morgan fingerprint density at radius 2 is 1.76 bits per heavy atom. The molecule has 0 aliphatic heterocycles. The van der Waals surface area contributed by atoms with E-state index in [4.69, 9.17) is 0 Å². The molecule has 1 fully saturated rings. The maximum Gasteiger partial charge on any atom is 0.269 e. The molecular weight excluding hydrogens is 264 g/mol. The number of anilines is 1. The van der Waals surface area contributed by atoms with Gasteiger partial charge in [-0.05, 0) is 49.1 Å². The van der Waals surface area contributed by atoms with Crippen molar-refractivity contribution in [2.24, 2.45) is 11.3 Å². The molecule has 0 heterocycles. The smallest absolute Gasteiger partial charge is 0.269 e. The van der Waals surface area contributed by atoms with Crippen LogP contribution in [-0.4, -0.2) is 11.0 Å². The summed E-state index contributed by atoms with van der Waals surface area (Å²) in [5.41, 5.74) is 1.57. The highest BCUT2D eigenvalue weighted by molar-refractivity contribution is 5.49. The van der Waals surface area contributed by atoms with Gasteiger partial charge in [-0.3, -0.25) is 10.1 Å². The van der Waals surface area contributed by atoms with E-state index in [1.54, 1.807) is 24.3 Å². The number of nitro benzene ring substituents is 1. The van der Waals surface area contributed by atoms with Crippen LogP contribution in [0.25, 0.3) is 0 Å². The average molecular weight is 290 g/mol. The molecule has 1 N–H and O–H groups in total. The Morgan fingerprint density at radius 3 is 2.24 bits per heavy atom. The highest BCUT2D eigenvalue weighted by Gasteiger charge is 2.31. The van der Waals surface area contributed by atoms with Crippen molar-refractivity contribution < 1.29 is 4.92 Å². The number of rotatable bonds is 5. The van der Waals surface area contributed by atoms with E-state index in [0.717, 1.165) is 11.6 Å². The van der Waals surface area contributed by atoms with Gasteiger partial charge in [0.2, 0.25) is 0 Å². The standard InChI is InChI=1S/C17H26N2O2/c1-4-17(2,3)13-5-7-14(8-6-13)18-15-9-11-16(12-10-15)19(20)21/h9-14,18H,4-8H2,1-3H3. The number of benzene rings is 1. The van der Waals surface area contributed by atoms with Crippen LogP contribution in [0.4, 0.5) is 11.4 Å². The first-order valence-electron chi connectivity index (χ1n) is 7.93. The van der Waals surface area contributed by atoms with Crippen LogP contribution in [0.5, 0.6) is 0 Å². The van der Waals surface area contributed by atoms with Crippen LogP contribution in [0.1, 0.15) is 52.9 Å². The van der Waals surface area contributed by atoms with E-state index in [2.05, 4.69) is 26.1 Å². The summed E-state index contributed by atoms with van der Waals surface area (Å²) < 4.78 is 0. The second-order valence-corrected chi connectivity index (χ2v) is 6.84. The highest BCUT2D eigenvalue weighted by Crippen LogP contribution is 2.40. The van der Waals surface area contributed by atoms with Crippen molar-refractivity contribution in [3.63, 3.8) is 0 Å². The van der Waals surface area contributed by atoms with Gasteiger partial charge in [0.1, 0.15) is 0 Å². The Labute approximate surface area is 127 Å². The molecule has 1 aromatic rings. The zero-order valence-electron chi connectivity index (χ0n) is 13.3. The van der Waals surface area contributed by atoms with Crippen LogP contribution < -0.4 is 5.32 Å². The van der Waals surface area contributed by atoms with Crippen molar-refractivity contribution >= 4 is 11.4 Å². The van der Waals surface area contributed by atoms with E-state index in [-0.39, 0.29) is 10.6 Å². The highest BCUT2D eigenvalue weighted by atomic mass is 16.6. The van der Waals surface area contributed by atoms with Crippen LogP contribution in [-0.2, 0) is 0 Å². The molecule has 0 saturated heterocycles. The molecule has 21 heavy (non-hydrogen) atoms. The number of nitrogens with one attached hydrogen (secondary N) is 1. The molecule has 4 nitrogen and oxygen atoms in total. The molecular formula is C17H26N2O2. The summed E-state index contributed by atoms with van der Waals surface area (Å²) in [6, 6.07) is 7.23. The fourth-order valence-electron chi connectivity index (χ4n) is 3.22. The quantitative estimate of drug-likeness (QED) is 0.613. The molecule has 0 atom stereocenters. The molecule has 1 aliphatic carbocycles. The van der Waals surface area contributed by atoms with Crippen molar-refractivity contribution in [2.45, 2.75) is 58.9 Å². The van der Waals surface area contributed by atoms with Gasteiger partial charge in [-0.25, -0.2) is 0 Å². The molecule has 2 rings (SSSR count). The van der Waals surface area contributed by atoms with Gasteiger partial charge in [-0.15, -0.1) is 0 Å². The Hall–Kier alpha value is -1.58. The van der Waals surface area contributed by atoms with Crippen molar-refractivity contribution in [3.05, 3.63) is 34.4 Å². The number of hydrogen-bond donors (Lipinski definition) is 1. The zero-order chi connectivity index (χ0) is 15.5. The predicted octanol–water partition coefficient (Wildman–Crippen LogP) is 5.00. The first-order valence-corrected chi connectivity index (χ1v) is 7.93. The van der Waals surface area contributed by atoms with E-state index in [9.17, 15) is 10.1 Å². The van der Waals surface area contributed by atoms with Gasteiger partial charge in [0, 0.05) is 23.9 Å². The molecule has 0 unspecified atom stereocenters. The molecule has 0 spiro atoms. The third-order valence-electron chi connectivity index (χ3n) is 5.19. The lowest BCUT2D eigenvalue weighted by Crippen LogP contribution is -2.32. The van der Waals surface area contributed by atoms with E-state index in [1.165, 1.54) is 32.1 Å². The van der Waals surface area contributed by atoms with E-state index < -0.39 is 0 Å². The molecule has 1 aromatic carbocycles. The molecule has 116 valence electrons. The minimum atomic E-state index is -0.359. The van der Waals surface area contributed by atoms with E-state index in [0.29, 0.717) is 11.5 Å². The lowest BCUT2D eigenvalue weighted by Gasteiger charge is -2.39. The molecule has 0 amide bonds. The van der Waals surface area contributed by atoms with Gasteiger partial charge in [0.05, 0.1) is 4.92 Å². The third-order valence-corrected chi connectivity index (χ3v) is 5.19. The number of non-ortho nitro benzene ring substituents is 1. The van der Waals surface area contributed by atoms with Crippen molar-refractivity contribution in [1.29, 1.82) is 0 Å². The topological polar surface area (TPSA) is 55.2 Å². The SMILES string of the molecule is CCC(C)(C)C1CCC(Nc2ccc([N+](=O)[O-])cc2)CC1. The van der Waals surface area contributed by atoms with E-state index in [1.807, 2.05) is 0 Å². The molecule has 1 aliphatic rings. The van der Waals surface area contributed by atoms with Crippen molar-refractivity contribution in [3.8, 4) is 0 Å². The summed E-state index contributed by atoms with van der Waals surface area (Å²) in [5.74, 6) is 0.817. The maximum atomic E-state index is 10.6. The van der Waals surface area contributed by atoms with Gasteiger partial charge in [0.25, 0.3) is 5.69 Å². The second kappa shape index (κ2) is 6.46. The zero-order valence-corrected chi connectivity index (χ0v) is 13.3. The summed E-state index contributed by atoms with van der Waals surface area (Å²) >= 11 is 0.